The number of nitrogens with zero attached hydrogens (tertiary/aromatic N) is 2. The van der Waals surface area contributed by atoms with Gasteiger partial charge in [-0.05, 0) is 65.6 Å². The highest BCUT2D eigenvalue weighted by Gasteiger charge is 2.25. The van der Waals surface area contributed by atoms with Crippen molar-refractivity contribution in [2.75, 3.05) is 19.6 Å². The number of thiophene rings is 1. The number of hydrogen-bond acceptors (Lipinski definition) is 3. The van der Waals surface area contributed by atoms with Crippen LogP contribution in [0.2, 0.25) is 0 Å². The topological polar surface area (TPSA) is 23.6 Å². The minimum absolute atomic E-state index is 0.265. The van der Waals surface area contributed by atoms with E-state index in [2.05, 4.69) is 51.3 Å². The molecule has 0 fully saturated rings. The van der Waals surface area contributed by atoms with Gasteiger partial charge in [0.15, 0.2) is 0 Å². The van der Waals surface area contributed by atoms with Crippen LogP contribution in [0.1, 0.15) is 27.1 Å². The molecule has 0 spiro atoms. The fourth-order valence-corrected chi connectivity index (χ4v) is 5.27. The molecule has 0 saturated heterocycles. The molecule has 0 saturated carbocycles. The zero-order valence-corrected chi connectivity index (χ0v) is 16.3. The lowest BCUT2D eigenvalue weighted by molar-refractivity contribution is -0.133. The fourth-order valence-electron chi connectivity index (χ4n) is 3.76. The second kappa shape index (κ2) is 6.62. The first-order valence-electron chi connectivity index (χ1n) is 8.43. The fraction of sp³-hybridized carbons (Fsp3) is 0.421. The maximum Gasteiger partial charge on any atom is 0.237 e. The van der Waals surface area contributed by atoms with Gasteiger partial charge in [-0.1, -0.05) is 15.9 Å². The molecule has 0 radical (unpaired) electrons. The van der Waals surface area contributed by atoms with Crippen molar-refractivity contribution in [2.24, 2.45) is 0 Å². The monoisotopic (exact) mass is 404 g/mol. The van der Waals surface area contributed by atoms with Crippen LogP contribution in [0.4, 0.5) is 0 Å². The number of amides is 1. The van der Waals surface area contributed by atoms with Crippen LogP contribution >= 0.6 is 27.3 Å². The van der Waals surface area contributed by atoms with Gasteiger partial charge in [-0.25, -0.2) is 0 Å². The van der Waals surface area contributed by atoms with Crippen LogP contribution in [0.15, 0.2) is 28.1 Å². The molecule has 1 amide bonds. The van der Waals surface area contributed by atoms with E-state index < -0.39 is 0 Å². The summed E-state index contributed by atoms with van der Waals surface area (Å²) in [4.78, 5) is 18.6. The first-order valence-corrected chi connectivity index (χ1v) is 10.1. The Morgan fingerprint density at radius 1 is 1.21 bits per heavy atom. The summed E-state index contributed by atoms with van der Waals surface area (Å²) in [7, 11) is 0. The summed E-state index contributed by atoms with van der Waals surface area (Å²) in [6, 6.07) is 6.55. The molecule has 1 aromatic carbocycles. The number of rotatable bonds is 2. The maximum absolute atomic E-state index is 12.8. The molecule has 0 bridgehead atoms. The summed E-state index contributed by atoms with van der Waals surface area (Å²) >= 11 is 5.42. The number of aryl methyl sites for hydroxylation is 1. The number of fused-ring (bicyclic) bond motifs is 2. The Hall–Kier alpha value is -1.17. The maximum atomic E-state index is 12.8. The van der Waals surface area contributed by atoms with Crippen molar-refractivity contribution in [2.45, 2.75) is 32.9 Å². The lowest BCUT2D eigenvalue weighted by Crippen LogP contribution is -2.44. The summed E-state index contributed by atoms with van der Waals surface area (Å²) < 4.78 is 1.14. The van der Waals surface area contributed by atoms with Gasteiger partial charge in [0.25, 0.3) is 0 Å². The predicted octanol–water partition coefficient (Wildman–Crippen LogP) is 3.76. The Balaban J connectivity index is 1.43. The van der Waals surface area contributed by atoms with E-state index in [1.54, 1.807) is 0 Å². The molecule has 5 heteroatoms. The number of carbonyl (C=O) groups excluding carboxylic acids is 1. The van der Waals surface area contributed by atoms with E-state index in [1.165, 1.54) is 27.1 Å². The Bertz CT molecular complexity index is 786. The molecule has 3 nitrogen and oxygen atoms in total. The average Bonchev–Trinajstić information content (AvgIpc) is 3.02. The molecule has 2 aliphatic rings. The van der Waals surface area contributed by atoms with E-state index in [0.717, 1.165) is 43.5 Å². The van der Waals surface area contributed by atoms with Crippen molar-refractivity contribution < 1.29 is 4.79 Å². The molecule has 4 rings (SSSR count). The molecule has 2 aliphatic heterocycles. The van der Waals surface area contributed by atoms with Gasteiger partial charge in [-0.3, -0.25) is 9.69 Å². The molecule has 2 aromatic rings. The van der Waals surface area contributed by atoms with Crippen molar-refractivity contribution in [1.29, 1.82) is 0 Å². The standard InChI is InChI=1S/C19H21BrN2OS/c1-13-8-16(20)9-14-2-6-22(11-17(13)14)19(23)12-21-5-3-18-15(10-21)4-7-24-18/h4,7-9H,2-3,5-6,10-12H2,1H3. The summed E-state index contributed by atoms with van der Waals surface area (Å²) in [5, 5.41) is 2.17. The van der Waals surface area contributed by atoms with Gasteiger partial charge in [0.2, 0.25) is 5.91 Å². The Morgan fingerprint density at radius 2 is 2.08 bits per heavy atom. The van der Waals surface area contributed by atoms with Gasteiger partial charge in [0, 0.05) is 35.5 Å². The molecule has 126 valence electrons. The molecule has 3 heterocycles. The smallest absolute Gasteiger partial charge is 0.237 e. The summed E-state index contributed by atoms with van der Waals surface area (Å²) in [5.41, 5.74) is 5.39. The van der Waals surface area contributed by atoms with Gasteiger partial charge >= 0.3 is 0 Å². The number of carbonyl (C=O) groups is 1. The SMILES string of the molecule is Cc1cc(Br)cc2c1CN(C(=O)CN1CCc3sccc3C1)CC2. The van der Waals surface area contributed by atoms with E-state index in [9.17, 15) is 4.79 Å². The Labute approximate surface area is 155 Å². The lowest BCUT2D eigenvalue weighted by Gasteiger charge is -2.33. The van der Waals surface area contributed by atoms with E-state index in [-0.39, 0.29) is 5.91 Å². The van der Waals surface area contributed by atoms with Gasteiger partial charge in [0.05, 0.1) is 6.54 Å². The van der Waals surface area contributed by atoms with Crippen molar-refractivity contribution >= 4 is 33.2 Å². The number of hydrogen-bond donors (Lipinski definition) is 0. The first-order chi connectivity index (χ1) is 11.6. The minimum Gasteiger partial charge on any atom is -0.337 e. The van der Waals surface area contributed by atoms with E-state index in [1.807, 2.05) is 16.2 Å². The van der Waals surface area contributed by atoms with Crippen LogP contribution in [0.25, 0.3) is 0 Å². The third-order valence-electron chi connectivity index (χ3n) is 5.13. The van der Waals surface area contributed by atoms with Crippen molar-refractivity contribution in [1.82, 2.24) is 9.80 Å². The quantitative estimate of drug-likeness (QED) is 0.760. The van der Waals surface area contributed by atoms with Gasteiger partial charge < -0.3 is 4.90 Å². The lowest BCUT2D eigenvalue weighted by atomic mass is 9.95. The van der Waals surface area contributed by atoms with E-state index in [4.69, 9.17) is 0 Å². The molecular formula is C19H21BrN2OS. The molecule has 0 N–H and O–H groups in total. The van der Waals surface area contributed by atoms with Crippen LogP contribution in [0.5, 0.6) is 0 Å². The first kappa shape index (κ1) is 16.3. The largest absolute Gasteiger partial charge is 0.337 e. The van der Waals surface area contributed by atoms with Gasteiger partial charge in [-0.15, -0.1) is 11.3 Å². The van der Waals surface area contributed by atoms with Gasteiger partial charge in [-0.2, -0.15) is 0 Å². The second-order valence-electron chi connectivity index (χ2n) is 6.76. The zero-order valence-electron chi connectivity index (χ0n) is 13.8. The Kier molecular flexibility index (Phi) is 4.50. The van der Waals surface area contributed by atoms with Crippen LogP contribution in [0, 0.1) is 6.92 Å². The zero-order chi connectivity index (χ0) is 16.7. The second-order valence-corrected chi connectivity index (χ2v) is 8.67. The molecule has 0 unspecified atom stereocenters. The van der Waals surface area contributed by atoms with Crippen LogP contribution < -0.4 is 0 Å². The molecule has 0 aliphatic carbocycles. The van der Waals surface area contributed by atoms with E-state index >= 15 is 0 Å². The van der Waals surface area contributed by atoms with Crippen molar-refractivity contribution in [3.63, 3.8) is 0 Å². The Morgan fingerprint density at radius 3 is 2.96 bits per heavy atom. The third-order valence-corrected chi connectivity index (χ3v) is 6.61. The van der Waals surface area contributed by atoms with E-state index in [0.29, 0.717) is 6.54 Å². The third kappa shape index (κ3) is 3.17. The van der Waals surface area contributed by atoms with Crippen LogP contribution in [-0.4, -0.2) is 35.3 Å². The summed E-state index contributed by atoms with van der Waals surface area (Å²) in [6.45, 7) is 6.18. The van der Waals surface area contributed by atoms with Gasteiger partial charge in [0.1, 0.15) is 0 Å². The highest BCUT2D eigenvalue weighted by molar-refractivity contribution is 9.10. The number of halogens is 1. The molecule has 1 aromatic heterocycles. The predicted molar refractivity (Wildman–Crippen MR) is 101 cm³/mol. The normalized spacial score (nSPS) is 17.5. The summed E-state index contributed by atoms with van der Waals surface area (Å²) in [6.07, 6.45) is 2.03. The average molecular weight is 405 g/mol. The van der Waals surface area contributed by atoms with Crippen LogP contribution in [-0.2, 0) is 30.7 Å². The molecular weight excluding hydrogens is 384 g/mol. The van der Waals surface area contributed by atoms with Crippen LogP contribution in [0.3, 0.4) is 0 Å². The van der Waals surface area contributed by atoms with Crippen molar-refractivity contribution in [3.05, 3.63) is 55.2 Å². The summed E-state index contributed by atoms with van der Waals surface area (Å²) in [5.74, 6) is 0.265. The minimum atomic E-state index is 0.265. The number of benzene rings is 1. The molecule has 0 atom stereocenters. The van der Waals surface area contributed by atoms with Crippen molar-refractivity contribution in [3.8, 4) is 0 Å². The highest BCUT2D eigenvalue weighted by Crippen LogP contribution is 2.27. The highest BCUT2D eigenvalue weighted by atomic mass is 79.9. The molecule has 24 heavy (non-hydrogen) atoms.